The van der Waals surface area contributed by atoms with Crippen LogP contribution in [0.25, 0.3) is 0 Å². The molecule has 22 heavy (non-hydrogen) atoms. The highest BCUT2D eigenvalue weighted by Gasteiger charge is 2.34. The van der Waals surface area contributed by atoms with Gasteiger partial charge in [-0.05, 0) is 35.9 Å². The molecule has 7 heteroatoms. The van der Waals surface area contributed by atoms with Gasteiger partial charge < -0.3 is 5.73 Å². The van der Waals surface area contributed by atoms with Gasteiger partial charge in [0.15, 0.2) is 5.78 Å². The van der Waals surface area contributed by atoms with Crippen molar-refractivity contribution in [3.05, 3.63) is 63.9 Å². The average Bonchev–Trinajstić information content (AvgIpc) is 2.42. The number of benzene rings is 2. The third kappa shape index (κ3) is 3.57. The number of rotatable bonds is 3. The first-order valence-corrected chi connectivity index (χ1v) is 6.50. The van der Waals surface area contributed by atoms with E-state index in [9.17, 15) is 22.4 Å². The minimum atomic E-state index is -4.82. The molecule has 0 spiro atoms. The Kier molecular flexibility index (Phi) is 4.42. The molecule has 0 aliphatic rings. The average molecular weight is 332 g/mol. The van der Waals surface area contributed by atoms with Crippen molar-refractivity contribution in [2.45, 2.75) is 12.6 Å². The van der Waals surface area contributed by atoms with Gasteiger partial charge in [0.05, 0.1) is 10.6 Å². The number of carbonyl (C=O) groups is 1. The van der Waals surface area contributed by atoms with Gasteiger partial charge >= 0.3 is 6.18 Å². The second-order valence-corrected chi connectivity index (χ2v) is 5.06. The zero-order valence-corrected chi connectivity index (χ0v) is 11.8. The Morgan fingerprint density at radius 2 is 1.82 bits per heavy atom. The Morgan fingerprint density at radius 3 is 2.45 bits per heavy atom. The summed E-state index contributed by atoms with van der Waals surface area (Å²) in [4.78, 5) is 12.1. The molecule has 2 aromatic rings. The Morgan fingerprint density at radius 1 is 1.14 bits per heavy atom. The third-order valence-corrected chi connectivity index (χ3v) is 3.32. The normalized spacial score (nSPS) is 11.5. The van der Waals surface area contributed by atoms with Crippen molar-refractivity contribution < 1.29 is 22.4 Å². The summed E-state index contributed by atoms with van der Waals surface area (Å²) in [5, 5.41) is 0.150. The molecule has 116 valence electrons. The van der Waals surface area contributed by atoms with E-state index in [1.807, 2.05) is 0 Å². The van der Waals surface area contributed by atoms with Crippen molar-refractivity contribution in [3.8, 4) is 0 Å². The summed E-state index contributed by atoms with van der Waals surface area (Å²) in [6.07, 6.45) is -5.16. The van der Waals surface area contributed by atoms with E-state index >= 15 is 0 Å². The van der Waals surface area contributed by atoms with Crippen LogP contribution >= 0.6 is 11.6 Å². The summed E-state index contributed by atoms with van der Waals surface area (Å²) in [7, 11) is 0. The van der Waals surface area contributed by atoms with E-state index in [2.05, 4.69) is 0 Å². The van der Waals surface area contributed by atoms with Gasteiger partial charge in [-0.25, -0.2) is 4.39 Å². The van der Waals surface area contributed by atoms with Crippen molar-refractivity contribution in [3.63, 3.8) is 0 Å². The van der Waals surface area contributed by atoms with Crippen molar-refractivity contribution in [1.82, 2.24) is 0 Å². The molecule has 2 N–H and O–H groups in total. The van der Waals surface area contributed by atoms with Crippen molar-refractivity contribution in [2.24, 2.45) is 0 Å². The molecule has 0 aromatic heterocycles. The maximum Gasteiger partial charge on any atom is 0.419 e. The zero-order valence-electron chi connectivity index (χ0n) is 11.0. The van der Waals surface area contributed by atoms with Gasteiger partial charge in [0.2, 0.25) is 0 Å². The molecule has 0 bridgehead atoms. The van der Waals surface area contributed by atoms with Crippen LogP contribution < -0.4 is 5.73 Å². The molecular weight excluding hydrogens is 322 g/mol. The zero-order chi connectivity index (χ0) is 16.5. The number of Topliss-reactive ketones (excluding diaryl/α,β-unsaturated/α-hetero) is 1. The lowest BCUT2D eigenvalue weighted by molar-refractivity contribution is -0.140. The summed E-state index contributed by atoms with van der Waals surface area (Å²) in [6.45, 7) is 0. The number of ketones is 1. The number of hydrogen-bond donors (Lipinski definition) is 1. The van der Waals surface area contributed by atoms with Crippen molar-refractivity contribution >= 4 is 23.1 Å². The van der Waals surface area contributed by atoms with Crippen molar-refractivity contribution in [2.75, 3.05) is 5.73 Å². The van der Waals surface area contributed by atoms with Crippen LogP contribution in [0.2, 0.25) is 5.02 Å². The number of nitrogens with two attached hydrogens (primary N) is 1. The highest BCUT2D eigenvalue weighted by Crippen LogP contribution is 2.32. The fourth-order valence-electron chi connectivity index (χ4n) is 1.94. The van der Waals surface area contributed by atoms with Gasteiger partial charge in [-0.2, -0.15) is 13.2 Å². The van der Waals surface area contributed by atoms with Crippen LogP contribution in [0, 0.1) is 5.82 Å². The molecule has 0 atom stereocenters. The first kappa shape index (κ1) is 16.3. The van der Waals surface area contributed by atoms with Gasteiger partial charge in [0.25, 0.3) is 0 Å². The third-order valence-electron chi connectivity index (χ3n) is 2.99. The molecule has 0 fully saturated rings. The number of alkyl halides is 3. The molecule has 0 saturated heterocycles. The van der Waals surface area contributed by atoms with E-state index in [1.54, 1.807) is 0 Å². The molecule has 0 aliphatic carbocycles. The van der Waals surface area contributed by atoms with E-state index in [0.717, 1.165) is 6.07 Å². The van der Waals surface area contributed by atoms with Gasteiger partial charge in [-0.1, -0.05) is 17.7 Å². The van der Waals surface area contributed by atoms with Gasteiger partial charge in [-0.3, -0.25) is 4.79 Å². The molecule has 0 unspecified atom stereocenters. The molecule has 0 aliphatic heterocycles. The van der Waals surface area contributed by atoms with Crippen LogP contribution in [0.15, 0.2) is 36.4 Å². The molecule has 0 saturated carbocycles. The number of hydrogen-bond acceptors (Lipinski definition) is 2. The van der Waals surface area contributed by atoms with Gasteiger partial charge in [0.1, 0.15) is 5.82 Å². The maximum atomic E-state index is 13.2. The summed E-state index contributed by atoms with van der Waals surface area (Å²) in [5.74, 6) is -1.89. The SMILES string of the molecule is Nc1ccc(Cl)c(C(=O)Cc2ccc(F)c(C(F)(F)F)c2)c1. The second kappa shape index (κ2) is 5.96. The predicted octanol–water partition coefficient (Wildman–Crippen LogP) is 4.51. The summed E-state index contributed by atoms with van der Waals surface area (Å²) in [5.41, 5.74) is 4.60. The number of nitrogen functional groups attached to an aromatic ring is 1. The summed E-state index contributed by atoms with van der Waals surface area (Å²) < 4.78 is 51.1. The van der Waals surface area contributed by atoms with Gasteiger partial charge in [-0.15, -0.1) is 0 Å². The van der Waals surface area contributed by atoms with Crippen LogP contribution in [-0.4, -0.2) is 5.78 Å². The predicted molar refractivity (Wildman–Crippen MR) is 75.3 cm³/mol. The van der Waals surface area contributed by atoms with E-state index in [0.29, 0.717) is 17.8 Å². The number of anilines is 1. The standard InChI is InChI=1S/C15H10ClF4NO/c16-12-3-2-9(21)7-10(12)14(22)6-8-1-4-13(17)11(5-8)15(18,19)20/h1-5,7H,6,21H2. The molecule has 0 amide bonds. The Labute approximate surface area is 128 Å². The lowest BCUT2D eigenvalue weighted by Gasteiger charge is -2.10. The monoisotopic (exact) mass is 331 g/mol. The van der Waals surface area contributed by atoms with E-state index < -0.39 is 23.3 Å². The largest absolute Gasteiger partial charge is 0.419 e. The maximum absolute atomic E-state index is 13.2. The molecular formula is C15H10ClF4NO. The van der Waals surface area contributed by atoms with Crippen LogP contribution in [0.1, 0.15) is 21.5 Å². The summed E-state index contributed by atoms with van der Waals surface area (Å²) >= 11 is 5.87. The lowest BCUT2D eigenvalue weighted by Crippen LogP contribution is -2.11. The smallest absolute Gasteiger partial charge is 0.399 e. The number of halogens is 5. The molecule has 0 radical (unpaired) electrons. The highest BCUT2D eigenvalue weighted by molar-refractivity contribution is 6.34. The first-order chi connectivity index (χ1) is 10.2. The summed E-state index contributed by atoms with van der Waals surface area (Å²) in [6, 6.07) is 6.70. The van der Waals surface area contributed by atoms with E-state index in [1.165, 1.54) is 18.2 Å². The molecule has 0 heterocycles. The molecule has 2 rings (SSSR count). The van der Waals surface area contributed by atoms with E-state index in [4.69, 9.17) is 17.3 Å². The minimum Gasteiger partial charge on any atom is -0.399 e. The Hall–Kier alpha value is -2.08. The second-order valence-electron chi connectivity index (χ2n) is 4.65. The Balaban J connectivity index is 2.31. The van der Waals surface area contributed by atoms with E-state index in [-0.39, 0.29) is 22.6 Å². The quantitative estimate of drug-likeness (QED) is 0.511. The fraction of sp³-hybridized carbons (Fsp3) is 0.133. The van der Waals surface area contributed by atoms with Crippen molar-refractivity contribution in [1.29, 1.82) is 0 Å². The highest BCUT2D eigenvalue weighted by atomic mass is 35.5. The van der Waals surface area contributed by atoms with Gasteiger partial charge in [0, 0.05) is 17.7 Å². The molecule has 2 aromatic carbocycles. The van der Waals surface area contributed by atoms with Crippen LogP contribution in [0.5, 0.6) is 0 Å². The minimum absolute atomic E-state index is 0.0391. The topological polar surface area (TPSA) is 43.1 Å². The Bertz CT molecular complexity index is 728. The fourth-order valence-corrected chi connectivity index (χ4v) is 2.16. The van der Waals surface area contributed by atoms with Crippen LogP contribution in [0.3, 0.4) is 0 Å². The lowest BCUT2D eigenvalue weighted by atomic mass is 10.0. The van der Waals surface area contributed by atoms with Crippen LogP contribution in [-0.2, 0) is 12.6 Å². The number of carbonyl (C=O) groups excluding carboxylic acids is 1. The first-order valence-electron chi connectivity index (χ1n) is 6.12. The molecule has 2 nitrogen and oxygen atoms in total. The van der Waals surface area contributed by atoms with Crippen LogP contribution in [0.4, 0.5) is 23.2 Å².